The third-order valence-electron chi connectivity index (χ3n) is 1.73. The summed E-state index contributed by atoms with van der Waals surface area (Å²) in [5.41, 5.74) is 2.29. The van der Waals surface area contributed by atoms with Crippen molar-refractivity contribution in [2.45, 2.75) is 6.92 Å². The molecule has 92 valence electrons. The van der Waals surface area contributed by atoms with Crippen LogP contribution in [0, 0.1) is 0 Å². The van der Waals surface area contributed by atoms with Crippen molar-refractivity contribution in [1.82, 2.24) is 4.98 Å². The number of aliphatic carboxylic acids is 1. The zero-order chi connectivity index (χ0) is 13.0. The number of nitrogens with zero attached hydrogens (tertiary/aromatic N) is 2. The minimum atomic E-state index is -1.14. The molecule has 0 saturated heterocycles. The Morgan fingerprint density at radius 2 is 2.18 bits per heavy atom. The van der Waals surface area contributed by atoms with Crippen LogP contribution in [0.25, 0.3) is 0 Å². The summed E-state index contributed by atoms with van der Waals surface area (Å²) in [6, 6.07) is 1.42. The predicted octanol–water partition coefficient (Wildman–Crippen LogP) is 2.27. The summed E-state index contributed by atoms with van der Waals surface area (Å²) >= 11 is 11.6. The molecule has 0 aliphatic rings. The van der Waals surface area contributed by atoms with Crippen LogP contribution in [0.1, 0.15) is 6.92 Å². The van der Waals surface area contributed by atoms with E-state index >= 15 is 0 Å². The molecular weight excluding hydrogens is 269 g/mol. The molecule has 0 fully saturated rings. The number of aromatic nitrogens is 1. The minimum Gasteiger partial charge on any atom is -0.480 e. The molecule has 6 nitrogen and oxygen atoms in total. The lowest BCUT2D eigenvalue weighted by atomic mass is 10.4. The van der Waals surface area contributed by atoms with E-state index in [-0.39, 0.29) is 27.5 Å². The molecule has 0 aliphatic heterocycles. The van der Waals surface area contributed by atoms with Crippen LogP contribution in [-0.4, -0.2) is 28.9 Å². The van der Waals surface area contributed by atoms with Gasteiger partial charge < -0.3 is 9.84 Å². The van der Waals surface area contributed by atoms with Gasteiger partial charge in [-0.3, -0.25) is 5.43 Å². The van der Waals surface area contributed by atoms with E-state index < -0.39 is 5.97 Å². The maximum Gasteiger partial charge on any atom is 0.351 e. The van der Waals surface area contributed by atoms with Gasteiger partial charge in [-0.1, -0.05) is 23.2 Å². The van der Waals surface area contributed by atoms with E-state index in [2.05, 4.69) is 15.5 Å². The van der Waals surface area contributed by atoms with Gasteiger partial charge in [-0.2, -0.15) is 10.1 Å². The van der Waals surface area contributed by atoms with Crippen LogP contribution in [0.2, 0.25) is 10.0 Å². The van der Waals surface area contributed by atoms with Crippen LogP contribution in [0.15, 0.2) is 11.2 Å². The molecule has 0 atom stereocenters. The maximum atomic E-state index is 10.5. The highest BCUT2D eigenvalue weighted by atomic mass is 35.5. The number of nitrogens with one attached hydrogen (secondary N) is 1. The van der Waals surface area contributed by atoms with Crippen molar-refractivity contribution in [1.29, 1.82) is 0 Å². The Labute approximate surface area is 107 Å². The van der Waals surface area contributed by atoms with Crippen LogP contribution in [0.5, 0.6) is 5.88 Å². The molecule has 0 spiro atoms. The van der Waals surface area contributed by atoms with E-state index in [1.165, 1.54) is 20.1 Å². The van der Waals surface area contributed by atoms with E-state index in [1.54, 1.807) is 0 Å². The van der Waals surface area contributed by atoms with E-state index in [1.807, 2.05) is 0 Å². The molecule has 0 unspecified atom stereocenters. The van der Waals surface area contributed by atoms with Gasteiger partial charge in [0.1, 0.15) is 10.7 Å². The van der Waals surface area contributed by atoms with Gasteiger partial charge in [-0.05, 0) is 13.0 Å². The van der Waals surface area contributed by atoms with Crippen LogP contribution >= 0.6 is 23.2 Å². The SMILES string of the molecule is COc1nc(NN=C(C)C(=O)O)c(Cl)cc1Cl. The number of carboxylic acid groups (broad SMARTS) is 1. The van der Waals surface area contributed by atoms with Gasteiger partial charge in [0.15, 0.2) is 5.82 Å². The van der Waals surface area contributed by atoms with Crippen molar-refractivity contribution in [2.24, 2.45) is 5.10 Å². The van der Waals surface area contributed by atoms with Crippen LogP contribution < -0.4 is 10.2 Å². The maximum absolute atomic E-state index is 10.5. The molecule has 17 heavy (non-hydrogen) atoms. The lowest BCUT2D eigenvalue weighted by Crippen LogP contribution is -2.10. The molecule has 0 saturated carbocycles. The number of hydrazone groups is 1. The smallest absolute Gasteiger partial charge is 0.351 e. The molecule has 1 rings (SSSR count). The Morgan fingerprint density at radius 3 is 2.71 bits per heavy atom. The van der Waals surface area contributed by atoms with Crippen molar-refractivity contribution >= 4 is 40.7 Å². The molecular formula is C9H9Cl2N3O3. The van der Waals surface area contributed by atoms with Crippen molar-refractivity contribution in [3.8, 4) is 5.88 Å². The molecule has 1 heterocycles. The van der Waals surface area contributed by atoms with Crippen molar-refractivity contribution in [3.63, 3.8) is 0 Å². The molecule has 0 amide bonds. The Balaban J connectivity index is 2.99. The second-order valence-corrected chi connectivity index (χ2v) is 3.74. The summed E-state index contributed by atoms with van der Waals surface area (Å²) in [6.45, 7) is 1.33. The molecule has 1 aromatic rings. The monoisotopic (exact) mass is 277 g/mol. The summed E-state index contributed by atoms with van der Waals surface area (Å²) in [5, 5.41) is 12.6. The number of methoxy groups -OCH3 is 1. The average Bonchev–Trinajstić information content (AvgIpc) is 2.27. The highest BCUT2D eigenvalue weighted by molar-refractivity contribution is 6.37. The van der Waals surface area contributed by atoms with E-state index in [4.69, 9.17) is 33.0 Å². The molecule has 0 aromatic carbocycles. The van der Waals surface area contributed by atoms with Gasteiger partial charge in [-0.15, -0.1) is 0 Å². The summed E-state index contributed by atoms with van der Waals surface area (Å²) in [4.78, 5) is 14.4. The van der Waals surface area contributed by atoms with E-state index in [9.17, 15) is 4.79 Å². The number of carboxylic acids is 1. The van der Waals surface area contributed by atoms with Gasteiger partial charge in [0.2, 0.25) is 5.88 Å². The van der Waals surface area contributed by atoms with Gasteiger partial charge >= 0.3 is 5.97 Å². The lowest BCUT2D eigenvalue weighted by molar-refractivity contribution is -0.129. The predicted molar refractivity (Wildman–Crippen MR) is 65.2 cm³/mol. The number of anilines is 1. The highest BCUT2D eigenvalue weighted by Gasteiger charge is 2.10. The first-order valence-corrected chi connectivity index (χ1v) is 5.15. The first-order chi connectivity index (χ1) is 7.95. The Kier molecular flexibility index (Phi) is 4.53. The number of halogens is 2. The lowest BCUT2D eigenvalue weighted by Gasteiger charge is -2.07. The number of pyridine rings is 1. The normalized spacial score (nSPS) is 11.2. The van der Waals surface area contributed by atoms with Crippen molar-refractivity contribution in [3.05, 3.63) is 16.1 Å². The number of hydrogen-bond acceptors (Lipinski definition) is 5. The summed E-state index contributed by atoms with van der Waals surface area (Å²) in [7, 11) is 1.40. The molecule has 0 bridgehead atoms. The Bertz CT molecular complexity index is 477. The number of rotatable bonds is 4. The summed E-state index contributed by atoms with van der Waals surface area (Å²) in [5.74, 6) is -0.815. The fourth-order valence-electron chi connectivity index (χ4n) is 0.856. The van der Waals surface area contributed by atoms with Gasteiger partial charge in [0, 0.05) is 0 Å². The standard InChI is InChI=1S/C9H9Cl2N3O3/c1-4(9(15)16)13-14-7-5(10)3-6(11)8(12-7)17-2/h3H,1-2H3,(H,12,14)(H,15,16). The third-order valence-corrected chi connectivity index (χ3v) is 2.29. The molecule has 2 N–H and O–H groups in total. The largest absolute Gasteiger partial charge is 0.480 e. The number of carbonyl (C=O) groups is 1. The van der Waals surface area contributed by atoms with Gasteiger partial charge in [-0.25, -0.2) is 4.79 Å². The van der Waals surface area contributed by atoms with E-state index in [0.717, 1.165) is 0 Å². The van der Waals surface area contributed by atoms with Crippen molar-refractivity contribution in [2.75, 3.05) is 12.5 Å². The van der Waals surface area contributed by atoms with Crippen molar-refractivity contribution < 1.29 is 14.6 Å². The fourth-order valence-corrected chi connectivity index (χ4v) is 1.33. The van der Waals surface area contributed by atoms with Crippen LogP contribution in [0.3, 0.4) is 0 Å². The summed E-state index contributed by atoms with van der Waals surface area (Å²) in [6.07, 6.45) is 0. The zero-order valence-corrected chi connectivity index (χ0v) is 10.5. The third kappa shape index (κ3) is 3.47. The molecule has 1 aromatic heterocycles. The van der Waals surface area contributed by atoms with Gasteiger partial charge in [0.05, 0.1) is 12.1 Å². The fraction of sp³-hybridized carbons (Fsp3) is 0.222. The quantitative estimate of drug-likeness (QED) is 0.652. The van der Waals surface area contributed by atoms with Crippen LogP contribution in [-0.2, 0) is 4.79 Å². The summed E-state index contributed by atoms with van der Waals surface area (Å²) < 4.78 is 4.89. The number of hydrogen-bond donors (Lipinski definition) is 2. The topological polar surface area (TPSA) is 83.8 Å². The first kappa shape index (κ1) is 13.5. The Morgan fingerprint density at radius 1 is 1.53 bits per heavy atom. The number of ether oxygens (including phenoxy) is 1. The molecule has 0 aliphatic carbocycles. The first-order valence-electron chi connectivity index (χ1n) is 4.39. The highest BCUT2D eigenvalue weighted by Crippen LogP contribution is 2.30. The second-order valence-electron chi connectivity index (χ2n) is 2.92. The second kappa shape index (κ2) is 5.70. The minimum absolute atomic E-state index is 0.128. The molecule has 0 radical (unpaired) electrons. The van der Waals surface area contributed by atoms with E-state index in [0.29, 0.717) is 0 Å². The molecule has 8 heteroatoms. The van der Waals surface area contributed by atoms with Crippen LogP contribution in [0.4, 0.5) is 5.82 Å². The average molecular weight is 278 g/mol. The Hall–Kier alpha value is -1.53. The van der Waals surface area contributed by atoms with Gasteiger partial charge in [0.25, 0.3) is 0 Å². The zero-order valence-electron chi connectivity index (χ0n) is 8.99.